The van der Waals surface area contributed by atoms with Crippen LogP contribution in [0.5, 0.6) is 0 Å². The van der Waals surface area contributed by atoms with E-state index in [0.29, 0.717) is 0 Å². The Labute approximate surface area is 175 Å². The highest BCUT2D eigenvalue weighted by molar-refractivity contribution is 5.87. The molecule has 1 aromatic rings. The molecule has 1 aromatic carbocycles. The second kappa shape index (κ2) is 14.8. The van der Waals surface area contributed by atoms with Crippen LogP contribution in [0.25, 0.3) is 6.08 Å². The van der Waals surface area contributed by atoms with Crippen LogP contribution in [0.15, 0.2) is 36.4 Å². The summed E-state index contributed by atoms with van der Waals surface area (Å²) in [6, 6.07) is 9.55. The Morgan fingerprint density at radius 3 is 1.97 bits per heavy atom. The normalized spacial score (nSPS) is 17.7. The molecule has 0 unspecified atom stereocenters. The number of carbonyl (C=O) groups excluding carboxylic acids is 2. The largest absolute Gasteiger partial charge is 0.462 e. The first-order valence-corrected chi connectivity index (χ1v) is 11.3. The quantitative estimate of drug-likeness (QED) is 0.419. The molecule has 29 heavy (non-hydrogen) atoms. The molecule has 0 amide bonds. The molecule has 1 fully saturated rings. The fourth-order valence-corrected chi connectivity index (χ4v) is 3.68. The summed E-state index contributed by atoms with van der Waals surface area (Å²) in [6.07, 6.45) is 17.7. The topological polar surface area (TPSA) is 52.6 Å². The lowest BCUT2D eigenvalue weighted by atomic mass is 10.0. The van der Waals surface area contributed by atoms with Gasteiger partial charge in [-0.3, -0.25) is 4.79 Å². The number of carbonyl (C=O) groups is 2. The molecule has 0 spiro atoms. The van der Waals surface area contributed by atoms with E-state index in [1.807, 2.05) is 30.3 Å². The highest BCUT2D eigenvalue weighted by atomic mass is 16.6. The van der Waals surface area contributed by atoms with Crippen LogP contribution in [0, 0.1) is 0 Å². The van der Waals surface area contributed by atoms with Crippen molar-refractivity contribution in [1.82, 2.24) is 0 Å². The fraction of sp³-hybridized carbons (Fsp3) is 0.600. The summed E-state index contributed by atoms with van der Waals surface area (Å²) < 4.78 is 10.8. The van der Waals surface area contributed by atoms with Crippen molar-refractivity contribution in [2.24, 2.45) is 0 Å². The SMILES string of the molecule is O=C(/C=C/c1ccccc1)OCCC(=O)OC1CCCCCCCCCCCC1. The van der Waals surface area contributed by atoms with Gasteiger partial charge in [-0.2, -0.15) is 0 Å². The van der Waals surface area contributed by atoms with E-state index in [0.717, 1.165) is 31.2 Å². The molecular weight excluding hydrogens is 364 g/mol. The molecular formula is C25H36O4. The van der Waals surface area contributed by atoms with E-state index in [2.05, 4.69) is 0 Å². The molecule has 0 saturated heterocycles. The van der Waals surface area contributed by atoms with Crippen LogP contribution in [-0.2, 0) is 19.1 Å². The minimum absolute atomic E-state index is 0.0110. The van der Waals surface area contributed by atoms with Crippen molar-refractivity contribution in [2.45, 2.75) is 89.6 Å². The highest BCUT2D eigenvalue weighted by Crippen LogP contribution is 2.19. The predicted octanol–water partition coefficient (Wildman–Crippen LogP) is 6.24. The molecule has 0 radical (unpaired) electrons. The number of esters is 2. The molecule has 0 N–H and O–H groups in total. The smallest absolute Gasteiger partial charge is 0.330 e. The third kappa shape index (κ3) is 11.5. The number of benzene rings is 1. The number of hydrogen-bond acceptors (Lipinski definition) is 4. The zero-order valence-electron chi connectivity index (χ0n) is 17.7. The first-order valence-electron chi connectivity index (χ1n) is 11.3. The van der Waals surface area contributed by atoms with Gasteiger partial charge >= 0.3 is 11.9 Å². The molecule has 2 rings (SSSR count). The zero-order chi connectivity index (χ0) is 20.6. The Morgan fingerprint density at radius 2 is 1.38 bits per heavy atom. The van der Waals surface area contributed by atoms with Gasteiger partial charge < -0.3 is 9.47 Å². The predicted molar refractivity (Wildman–Crippen MR) is 116 cm³/mol. The minimum atomic E-state index is -0.441. The summed E-state index contributed by atoms with van der Waals surface area (Å²) in [7, 11) is 0. The Morgan fingerprint density at radius 1 is 0.828 bits per heavy atom. The van der Waals surface area contributed by atoms with Gasteiger partial charge in [0.05, 0.1) is 6.42 Å². The van der Waals surface area contributed by atoms with E-state index < -0.39 is 5.97 Å². The fourth-order valence-electron chi connectivity index (χ4n) is 3.68. The van der Waals surface area contributed by atoms with Crippen LogP contribution in [-0.4, -0.2) is 24.6 Å². The maximum atomic E-state index is 12.2. The van der Waals surface area contributed by atoms with E-state index in [-0.39, 0.29) is 25.1 Å². The first kappa shape index (κ1) is 23.2. The molecule has 0 bridgehead atoms. The molecule has 0 aliphatic heterocycles. The Balaban J connectivity index is 1.66. The molecule has 1 saturated carbocycles. The zero-order valence-corrected chi connectivity index (χ0v) is 17.7. The van der Waals surface area contributed by atoms with Crippen molar-refractivity contribution >= 4 is 18.0 Å². The summed E-state index contributed by atoms with van der Waals surface area (Å²) in [6.45, 7) is 0.0590. The van der Waals surface area contributed by atoms with Crippen LogP contribution in [0.3, 0.4) is 0 Å². The molecule has 4 heteroatoms. The van der Waals surface area contributed by atoms with Crippen molar-refractivity contribution in [2.75, 3.05) is 6.61 Å². The lowest BCUT2D eigenvalue weighted by molar-refractivity contribution is -0.152. The van der Waals surface area contributed by atoms with Crippen molar-refractivity contribution < 1.29 is 19.1 Å². The second-order valence-corrected chi connectivity index (χ2v) is 7.89. The van der Waals surface area contributed by atoms with Crippen molar-refractivity contribution in [3.8, 4) is 0 Å². The lowest BCUT2D eigenvalue weighted by Gasteiger charge is -2.18. The number of rotatable bonds is 6. The van der Waals surface area contributed by atoms with Gasteiger partial charge in [0.25, 0.3) is 0 Å². The van der Waals surface area contributed by atoms with Gasteiger partial charge in [0.1, 0.15) is 12.7 Å². The van der Waals surface area contributed by atoms with Crippen LogP contribution in [0.2, 0.25) is 0 Å². The van der Waals surface area contributed by atoms with Gasteiger partial charge in [0, 0.05) is 6.08 Å². The summed E-state index contributed by atoms with van der Waals surface area (Å²) >= 11 is 0. The lowest BCUT2D eigenvalue weighted by Crippen LogP contribution is -2.20. The molecule has 4 nitrogen and oxygen atoms in total. The third-order valence-electron chi connectivity index (χ3n) is 5.36. The van der Waals surface area contributed by atoms with Crippen LogP contribution in [0.1, 0.15) is 89.0 Å². The molecule has 0 heterocycles. The summed E-state index contributed by atoms with van der Waals surface area (Å²) in [5.74, 6) is -0.706. The Kier molecular flexibility index (Phi) is 11.9. The highest BCUT2D eigenvalue weighted by Gasteiger charge is 2.15. The van der Waals surface area contributed by atoms with Gasteiger partial charge in [-0.1, -0.05) is 81.7 Å². The van der Waals surface area contributed by atoms with E-state index in [1.54, 1.807) is 6.08 Å². The van der Waals surface area contributed by atoms with Gasteiger partial charge in [0.2, 0.25) is 0 Å². The molecule has 1 aliphatic carbocycles. The maximum Gasteiger partial charge on any atom is 0.330 e. The maximum absolute atomic E-state index is 12.2. The second-order valence-electron chi connectivity index (χ2n) is 7.89. The van der Waals surface area contributed by atoms with Gasteiger partial charge in [-0.15, -0.1) is 0 Å². The van der Waals surface area contributed by atoms with E-state index in [1.165, 1.54) is 57.4 Å². The Bertz CT molecular complexity index is 595. The Hall–Kier alpha value is -2.10. The van der Waals surface area contributed by atoms with Crippen molar-refractivity contribution in [3.63, 3.8) is 0 Å². The third-order valence-corrected chi connectivity index (χ3v) is 5.36. The summed E-state index contributed by atoms with van der Waals surface area (Å²) in [5.41, 5.74) is 0.932. The number of ether oxygens (including phenoxy) is 2. The average molecular weight is 401 g/mol. The number of hydrogen-bond donors (Lipinski definition) is 0. The average Bonchev–Trinajstić information content (AvgIpc) is 2.75. The molecule has 160 valence electrons. The van der Waals surface area contributed by atoms with Gasteiger partial charge in [0.15, 0.2) is 0 Å². The van der Waals surface area contributed by atoms with Crippen LogP contribution < -0.4 is 0 Å². The van der Waals surface area contributed by atoms with Gasteiger partial charge in [-0.05, 0) is 37.3 Å². The van der Waals surface area contributed by atoms with E-state index >= 15 is 0 Å². The van der Waals surface area contributed by atoms with Crippen molar-refractivity contribution in [1.29, 1.82) is 0 Å². The standard InChI is InChI=1S/C25H36O4/c26-24(19-18-22-14-10-9-11-15-22)28-21-20-25(27)29-23-16-12-7-5-3-1-2-4-6-8-13-17-23/h9-11,14-15,18-19,23H,1-8,12-13,16-17,20-21H2/b19-18+. The van der Waals surface area contributed by atoms with Gasteiger partial charge in [-0.25, -0.2) is 4.79 Å². The molecule has 1 aliphatic rings. The van der Waals surface area contributed by atoms with E-state index in [4.69, 9.17) is 9.47 Å². The molecule has 0 atom stereocenters. The van der Waals surface area contributed by atoms with E-state index in [9.17, 15) is 9.59 Å². The van der Waals surface area contributed by atoms with Crippen molar-refractivity contribution in [3.05, 3.63) is 42.0 Å². The monoisotopic (exact) mass is 400 g/mol. The summed E-state index contributed by atoms with van der Waals surface area (Å²) in [5, 5.41) is 0. The summed E-state index contributed by atoms with van der Waals surface area (Å²) in [4.78, 5) is 23.9. The van der Waals surface area contributed by atoms with Crippen LogP contribution >= 0.6 is 0 Å². The minimum Gasteiger partial charge on any atom is -0.462 e. The molecule has 0 aromatic heterocycles. The first-order chi connectivity index (χ1) is 14.2. The van der Waals surface area contributed by atoms with Crippen LogP contribution in [0.4, 0.5) is 0 Å².